The normalized spacial score (nSPS) is 9.85. The van der Waals surface area contributed by atoms with Gasteiger partial charge in [0.1, 0.15) is 17.4 Å². The van der Waals surface area contributed by atoms with E-state index in [1.54, 1.807) is 6.07 Å². The molecule has 20 heavy (non-hydrogen) atoms. The molecule has 0 fully saturated rings. The fourth-order valence-electron chi connectivity index (χ4n) is 1.60. The molecule has 100 valence electrons. The first-order valence-electron chi connectivity index (χ1n) is 5.42. The van der Waals surface area contributed by atoms with Crippen LogP contribution < -0.4 is 5.32 Å². The summed E-state index contributed by atoms with van der Waals surface area (Å²) in [5.41, 5.74) is -0.0274. The molecule has 5 nitrogen and oxygen atoms in total. The summed E-state index contributed by atoms with van der Waals surface area (Å²) in [6, 6.07) is 9.57. The van der Waals surface area contributed by atoms with Crippen LogP contribution in [-0.4, -0.2) is 4.92 Å². The number of hydrogen-bond acceptors (Lipinski definition) is 4. The van der Waals surface area contributed by atoms with E-state index in [1.807, 2.05) is 0 Å². The Morgan fingerprint density at radius 2 is 2.05 bits per heavy atom. The monoisotopic (exact) mass is 291 g/mol. The summed E-state index contributed by atoms with van der Waals surface area (Å²) in [5.74, 6) is -0.540. The third-order valence-electron chi connectivity index (χ3n) is 2.52. The number of halogens is 2. The SMILES string of the molecule is N#Cc1ccc(Nc2cc(Cl)ccc2F)cc1[N+](=O)[O-]. The summed E-state index contributed by atoms with van der Waals surface area (Å²) in [4.78, 5) is 10.2. The molecule has 0 aromatic heterocycles. The number of nitriles is 1. The lowest BCUT2D eigenvalue weighted by atomic mass is 10.1. The summed E-state index contributed by atoms with van der Waals surface area (Å²) < 4.78 is 13.6. The topological polar surface area (TPSA) is 79.0 Å². The third kappa shape index (κ3) is 2.84. The highest BCUT2D eigenvalue weighted by atomic mass is 35.5. The van der Waals surface area contributed by atoms with Crippen LogP contribution in [0.25, 0.3) is 0 Å². The highest BCUT2D eigenvalue weighted by Gasteiger charge is 2.14. The summed E-state index contributed by atoms with van der Waals surface area (Å²) in [5, 5.41) is 22.6. The number of nitrogens with zero attached hydrogens (tertiary/aromatic N) is 2. The average molecular weight is 292 g/mol. The van der Waals surface area contributed by atoms with Gasteiger partial charge in [0.15, 0.2) is 0 Å². The number of nitrogens with one attached hydrogen (secondary N) is 1. The Balaban J connectivity index is 2.40. The van der Waals surface area contributed by atoms with Crippen molar-refractivity contribution < 1.29 is 9.31 Å². The summed E-state index contributed by atoms with van der Waals surface area (Å²) in [7, 11) is 0. The number of benzene rings is 2. The van der Waals surface area contributed by atoms with Crippen molar-refractivity contribution in [2.24, 2.45) is 0 Å². The van der Waals surface area contributed by atoms with Crippen molar-refractivity contribution in [2.45, 2.75) is 0 Å². The van der Waals surface area contributed by atoms with E-state index in [9.17, 15) is 14.5 Å². The molecule has 2 rings (SSSR count). The van der Waals surface area contributed by atoms with Gasteiger partial charge < -0.3 is 5.32 Å². The van der Waals surface area contributed by atoms with Gasteiger partial charge in [0.05, 0.1) is 10.6 Å². The first-order chi connectivity index (χ1) is 9.51. The Bertz CT molecular complexity index is 728. The maximum Gasteiger partial charge on any atom is 0.289 e. The molecule has 2 aromatic rings. The van der Waals surface area contributed by atoms with Gasteiger partial charge in [0.25, 0.3) is 5.69 Å². The Kier molecular flexibility index (Phi) is 3.82. The molecule has 0 saturated heterocycles. The van der Waals surface area contributed by atoms with Gasteiger partial charge in [0.2, 0.25) is 0 Å². The van der Waals surface area contributed by atoms with Crippen LogP contribution in [-0.2, 0) is 0 Å². The number of anilines is 2. The van der Waals surface area contributed by atoms with Gasteiger partial charge in [-0.05, 0) is 30.3 Å². The fraction of sp³-hybridized carbons (Fsp3) is 0. The highest BCUT2D eigenvalue weighted by molar-refractivity contribution is 6.30. The molecule has 1 N–H and O–H groups in total. The minimum absolute atomic E-state index is 0.0629. The lowest BCUT2D eigenvalue weighted by Gasteiger charge is -2.08. The van der Waals surface area contributed by atoms with Crippen LogP contribution in [0.15, 0.2) is 36.4 Å². The molecule has 0 unspecified atom stereocenters. The quantitative estimate of drug-likeness (QED) is 0.684. The van der Waals surface area contributed by atoms with E-state index in [4.69, 9.17) is 16.9 Å². The van der Waals surface area contributed by atoms with Gasteiger partial charge in [-0.3, -0.25) is 10.1 Å². The number of nitro groups is 1. The minimum atomic E-state index is -0.669. The smallest absolute Gasteiger partial charge is 0.289 e. The maximum absolute atomic E-state index is 13.6. The van der Waals surface area contributed by atoms with Crippen molar-refractivity contribution in [1.29, 1.82) is 5.26 Å². The van der Waals surface area contributed by atoms with Crippen LogP contribution in [0.1, 0.15) is 5.56 Å². The standard InChI is InChI=1S/C13H7ClFN3O2/c14-9-2-4-11(15)12(5-9)17-10-3-1-8(7-16)13(6-10)18(19)20/h1-6,17H. The van der Waals surface area contributed by atoms with E-state index in [0.717, 1.165) is 0 Å². The zero-order valence-electron chi connectivity index (χ0n) is 9.93. The Morgan fingerprint density at radius 1 is 1.30 bits per heavy atom. The van der Waals surface area contributed by atoms with E-state index in [-0.39, 0.29) is 22.6 Å². The second-order valence-electron chi connectivity index (χ2n) is 3.85. The Hall–Kier alpha value is -2.65. The molecule has 0 bridgehead atoms. The predicted octanol–water partition coefficient (Wildman–Crippen LogP) is 4.00. The van der Waals surface area contributed by atoms with E-state index in [2.05, 4.69) is 5.32 Å². The predicted molar refractivity (Wildman–Crippen MR) is 72.5 cm³/mol. The average Bonchev–Trinajstić information content (AvgIpc) is 2.42. The van der Waals surface area contributed by atoms with Crippen LogP contribution >= 0.6 is 11.6 Å². The molecule has 7 heteroatoms. The summed E-state index contributed by atoms with van der Waals surface area (Å²) in [6.07, 6.45) is 0. The van der Waals surface area contributed by atoms with Crippen molar-refractivity contribution in [3.8, 4) is 6.07 Å². The largest absolute Gasteiger partial charge is 0.353 e. The molecule has 0 amide bonds. The number of hydrogen-bond donors (Lipinski definition) is 1. The van der Waals surface area contributed by atoms with Crippen molar-refractivity contribution in [3.63, 3.8) is 0 Å². The van der Waals surface area contributed by atoms with Gasteiger partial charge in [-0.2, -0.15) is 5.26 Å². The van der Waals surface area contributed by atoms with Crippen molar-refractivity contribution in [2.75, 3.05) is 5.32 Å². The molecule has 0 saturated carbocycles. The second kappa shape index (κ2) is 5.55. The maximum atomic E-state index is 13.6. The van der Waals surface area contributed by atoms with Gasteiger partial charge in [0, 0.05) is 16.8 Å². The molecule has 0 aliphatic rings. The third-order valence-corrected chi connectivity index (χ3v) is 2.76. The van der Waals surface area contributed by atoms with Crippen LogP contribution in [0.5, 0.6) is 0 Å². The Morgan fingerprint density at radius 3 is 2.70 bits per heavy atom. The summed E-state index contributed by atoms with van der Waals surface area (Å²) in [6.45, 7) is 0. The van der Waals surface area contributed by atoms with Crippen LogP contribution in [0.3, 0.4) is 0 Å². The van der Waals surface area contributed by atoms with Crippen molar-refractivity contribution in [1.82, 2.24) is 0 Å². The van der Waals surface area contributed by atoms with Gasteiger partial charge in [-0.25, -0.2) is 4.39 Å². The first-order valence-corrected chi connectivity index (χ1v) is 5.79. The molecule has 0 heterocycles. The van der Waals surface area contributed by atoms with E-state index in [0.29, 0.717) is 5.02 Å². The number of rotatable bonds is 3. The first kappa shape index (κ1) is 13.8. The molecule has 0 aliphatic carbocycles. The zero-order valence-corrected chi connectivity index (χ0v) is 10.7. The molecule has 2 aromatic carbocycles. The van der Waals surface area contributed by atoms with Crippen LogP contribution in [0.2, 0.25) is 5.02 Å². The van der Waals surface area contributed by atoms with Gasteiger partial charge >= 0.3 is 0 Å². The van der Waals surface area contributed by atoms with Gasteiger partial charge in [-0.1, -0.05) is 11.6 Å². The summed E-state index contributed by atoms with van der Waals surface area (Å²) >= 11 is 5.75. The fourth-order valence-corrected chi connectivity index (χ4v) is 1.78. The van der Waals surface area contributed by atoms with Crippen molar-refractivity contribution >= 4 is 28.7 Å². The minimum Gasteiger partial charge on any atom is -0.353 e. The molecule has 0 atom stereocenters. The molecular formula is C13H7ClFN3O2. The van der Waals surface area contributed by atoms with E-state index < -0.39 is 10.7 Å². The van der Waals surface area contributed by atoms with Crippen LogP contribution in [0, 0.1) is 27.3 Å². The van der Waals surface area contributed by atoms with E-state index in [1.165, 1.54) is 36.4 Å². The van der Waals surface area contributed by atoms with E-state index >= 15 is 0 Å². The lowest BCUT2D eigenvalue weighted by Crippen LogP contribution is -1.97. The van der Waals surface area contributed by atoms with Gasteiger partial charge in [-0.15, -0.1) is 0 Å². The molecular weight excluding hydrogens is 285 g/mol. The molecule has 0 spiro atoms. The lowest BCUT2D eigenvalue weighted by molar-refractivity contribution is -0.385. The van der Waals surface area contributed by atoms with Crippen LogP contribution in [0.4, 0.5) is 21.5 Å². The molecule has 0 aliphatic heterocycles. The highest BCUT2D eigenvalue weighted by Crippen LogP contribution is 2.27. The zero-order chi connectivity index (χ0) is 14.7. The number of nitro benzene ring substituents is 1. The van der Waals surface area contributed by atoms with Crippen molar-refractivity contribution in [3.05, 3.63) is 62.9 Å². The Labute approximate surface area is 118 Å². The second-order valence-corrected chi connectivity index (χ2v) is 4.29. The molecule has 0 radical (unpaired) electrons.